The SMILES string of the molecule is CCOc1cccc(-c2cccc(C(=O)O)c2)c1F. The summed E-state index contributed by atoms with van der Waals surface area (Å²) >= 11 is 0. The van der Waals surface area contributed by atoms with Crippen LogP contribution in [-0.2, 0) is 0 Å². The highest BCUT2D eigenvalue weighted by molar-refractivity contribution is 5.89. The summed E-state index contributed by atoms with van der Waals surface area (Å²) in [5, 5.41) is 8.95. The number of aromatic carboxylic acids is 1. The summed E-state index contributed by atoms with van der Waals surface area (Å²) < 4.78 is 19.4. The lowest BCUT2D eigenvalue weighted by Crippen LogP contribution is -1.98. The number of rotatable bonds is 4. The van der Waals surface area contributed by atoms with Crippen molar-refractivity contribution in [3.8, 4) is 16.9 Å². The molecule has 0 radical (unpaired) electrons. The standard InChI is InChI=1S/C15H13FO3/c1-2-19-13-8-4-7-12(14(13)16)10-5-3-6-11(9-10)15(17)18/h3-9H,2H2,1H3,(H,17,18). The van der Waals surface area contributed by atoms with E-state index in [0.29, 0.717) is 17.7 Å². The molecule has 0 aliphatic rings. The number of halogens is 1. The van der Waals surface area contributed by atoms with E-state index in [1.165, 1.54) is 12.1 Å². The average molecular weight is 260 g/mol. The first kappa shape index (κ1) is 13.1. The van der Waals surface area contributed by atoms with Crippen molar-refractivity contribution in [3.05, 3.63) is 53.8 Å². The molecule has 19 heavy (non-hydrogen) atoms. The molecule has 0 aliphatic carbocycles. The van der Waals surface area contributed by atoms with Crippen LogP contribution in [0.15, 0.2) is 42.5 Å². The third-order valence-electron chi connectivity index (χ3n) is 2.68. The van der Waals surface area contributed by atoms with Gasteiger partial charge in [-0.05, 0) is 30.7 Å². The van der Waals surface area contributed by atoms with Crippen molar-refractivity contribution in [1.82, 2.24) is 0 Å². The van der Waals surface area contributed by atoms with Gasteiger partial charge in [-0.25, -0.2) is 9.18 Å². The molecular formula is C15H13FO3. The number of carboxylic acids is 1. The Morgan fingerprint density at radius 2 is 2.00 bits per heavy atom. The average Bonchev–Trinajstić information content (AvgIpc) is 2.41. The molecule has 0 atom stereocenters. The van der Waals surface area contributed by atoms with Crippen LogP contribution in [0.5, 0.6) is 5.75 Å². The fraction of sp³-hybridized carbons (Fsp3) is 0.133. The first-order chi connectivity index (χ1) is 9.13. The van der Waals surface area contributed by atoms with Crippen LogP contribution in [0.4, 0.5) is 4.39 Å². The molecule has 1 N–H and O–H groups in total. The minimum atomic E-state index is -1.04. The number of carboxylic acid groups (broad SMARTS) is 1. The maximum absolute atomic E-state index is 14.2. The van der Waals surface area contributed by atoms with Crippen LogP contribution in [0.3, 0.4) is 0 Å². The fourth-order valence-corrected chi connectivity index (χ4v) is 1.82. The topological polar surface area (TPSA) is 46.5 Å². The summed E-state index contributed by atoms with van der Waals surface area (Å²) in [5.74, 6) is -1.35. The number of benzene rings is 2. The Hall–Kier alpha value is -2.36. The van der Waals surface area contributed by atoms with Crippen molar-refractivity contribution in [2.24, 2.45) is 0 Å². The predicted molar refractivity (Wildman–Crippen MR) is 70.0 cm³/mol. The van der Waals surface area contributed by atoms with Crippen LogP contribution >= 0.6 is 0 Å². The zero-order valence-electron chi connectivity index (χ0n) is 10.4. The molecule has 4 heteroatoms. The lowest BCUT2D eigenvalue weighted by Gasteiger charge is -2.09. The third kappa shape index (κ3) is 2.73. The van der Waals surface area contributed by atoms with Gasteiger partial charge in [-0.2, -0.15) is 0 Å². The molecule has 2 rings (SSSR count). The molecule has 0 aromatic heterocycles. The van der Waals surface area contributed by atoms with E-state index in [2.05, 4.69) is 0 Å². The van der Waals surface area contributed by atoms with Gasteiger partial charge in [0.1, 0.15) is 0 Å². The molecule has 0 amide bonds. The minimum absolute atomic E-state index is 0.124. The molecule has 2 aromatic rings. The second-order valence-corrected chi connectivity index (χ2v) is 3.94. The largest absolute Gasteiger partial charge is 0.491 e. The van der Waals surface area contributed by atoms with Crippen molar-refractivity contribution in [1.29, 1.82) is 0 Å². The maximum atomic E-state index is 14.2. The highest BCUT2D eigenvalue weighted by atomic mass is 19.1. The van der Waals surface area contributed by atoms with E-state index in [9.17, 15) is 9.18 Å². The minimum Gasteiger partial charge on any atom is -0.491 e. The second kappa shape index (κ2) is 5.52. The van der Waals surface area contributed by atoms with Gasteiger partial charge >= 0.3 is 5.97 Å². The normalized spacial score (nSPS) is 10.2. The molecular weight excluding hydrogens is 247 g/mol. The smallest absolute Gasteiger partial charge is 0.335 e. The zero-order chi connectivity index (χ0) is 13.8. The van der Waals surface area contributed by atoms with Crippen molar-refractivity contribution >= 4 is 5.97 Å². The molecule has 0 bridgehead atoms. The van der Waals surface area contributed by atoms with Crippen molar-refractivity contribution in [2.45, 2.75) is 6.92 Å². The molecule has 0 spiro atoms. The molecule has 0 fully saturated rings. The van der Waals surface area contributed by atoms with Crippen molar-refractivity contribution < 1.29 is 19.0 Å². The Balaban J connectivity index is 2.49. The lowest BCUT2D eigenvalue weighted by atomic mass is 10.0. The van der Waals surface area contributed by atoms with E-state index in [1.54, 1.807) is 37.3 Å². The number of hydrogen-bond acceptors (Lipinski definition) is 2. The molecule has 0 heterocycles. The Bertz CT molecular complexity index is 608. The van der Waals surface area contributed by atoms with Gasteiger partial charge in [0.2, 0.25) is 0 Å². The Morgan fingerprint density at radius 1 is 1.26 bits per heavy atom. The van der Waals surface area contributed by atoms with E-state index in [4.69, 9.17) is 9.84 Å². The van der Waals surface area contributed by atoms with Gasteiger partial charge in [-0.1, -0.05) is 24.3 Å². The van der Waals surface area contributed by atoms with Gasteiger partial charge in [-0.15, -0.1) is 0 Å². The van der Waals surface area contributed by atoms with Crippen molar-refractivity contribution in [2.75, 3.05) is 6.61 Å². The van der Waals surface area contributed by atoms with Gasteiger partial charge in [0.15, 0.2) is 11.6 Å². The quantitative estimate of drug-likeness (QED) is 0.913. The summed E-state index contributed by atoms with van der Waals surface area (Å²) in [6, 6.07) is 11.0. The molecule has 98 valence electrons. The van der Waals surface area contributed by atoms with Gasteiger partial charge in [0.05, 0.1) is 12.2 Å². The monoisotopic (exact) mass is 260 g/mol. The first-order valence-corrected chi connectivity index (χ1v) is 5.88. The van der Waals surface area contributed by atoms with Crippen LogP contribution < -0.4 is 4.74 Å². The first-order valence-electron chi connectivity index (χ1n) is 5.88. The zero-order valence-corrected chi connectivity index (χ0v) is 10.4. The van der Waals surface area contributed by atoms with Crippen molar-refractivity contribution in [3.63, 3.8) is 0 Å². The van der Waals surface area contributed by atoms with E-state index in [1.807, 2.05) is 0 Å². The van der Waals surface area contributed by atoms with Gasteiger partial charge in [-0.3, -0.25) is 0 Å². The summed E-state index contributed by atoms with van der Waals surface area (Å²) in [7, 11) is 0. The molecule has 0 saturated heterocycles. The van der Waals surface area contributed by atoms with E-state index >= 15 is 0 Å². The highest BCUT2D eigenvalue weighted by Gasteiger charge is 2.12. The predicted octanol–water partition coefficient (Wildman–Crippen LogP) is 3.59. The summed E-state index contributed by atoms with van der Waals surface area (Å²) in [4.78, 5) is 10.9. The van der Waals surface area contributed by atoms with E-state index < -0.39 is 11.8 Å². The van der Waals surface area contributed by atoms with Crippen LogP contribution in [0.25, 0.3) is 11.1 Å². The summed E-state index contributed by atoms with van der Waals surface area (Å²) in [5.41, 5.74) is 0.965. The molecule has 3 nitrogen and oxygen atoms in total. The fourth-order valence-electron chi connectivity index (χ4n) is 1.82. The van der Waals surface area contributed by atoms with Crippen LogP contribution in [0.1, 0.15) is 17.3 Å². The molecule has 2 aromatic carbocycles. The second-order valence-electron chi connectivity index (χ2n) is 3.94. The molecule has 0 unspecified atom stereocenters. The highest BCUT2D eigenvalue weighted by Crippen LogP contribution is 2.29. The van der Waals surface area contributed by atoms with Gasteiger partial charge in [0, 0.05) is 5.56 Å². The summed E-state index contributed by atoms with van der Waals surface area (Å²) in [6.45, 7) is 2.15. The maximum Gasteiger partial charge on any atom is 0.335 e. The molecule has 0 aliphatic heterocycles. The number of ether oxygens (including phenoxy) is 1. The Morgan fingerprint density at radius 3 is 2.68 bits per heavy atom. The number of carbonyl (C=O) groups is 1. The summed E-state index contributed by atoms with van der Waals surface area (Å²) in [6.07, 6.45) is 0. The van der Waals surface area contributed by atoms with Gasteiger partial charge < -0.3 is 9.84 Å². The van der Waals surface area contributed by atoms with Crippen LogP contribution in [-0.4, -0.2) is 17.7 Å². The van der Waals surface area contributed by atoms with Crippen LogP contribution in [0, 0.1) is 5.82 Å². The van der Waals surface area contributed by atoms with Gasteiger partial charge in [0.25, 0.3) is 0 Å². The Labute approximate surface area is 110 Å². The number of hydrogen-bond donors (Lipinski definition) is 1. The van der Waals surface area contributed by atoms with Crippen LogP contribution in [0.2, 0.25) is 0 Å². The molecule has 0 saturated carbocycles. The lowest BCUT2D eigenvalue weighted by molar-refractivity contribution is 0.0697. The third-order valence-corrected chi connectivity index (χ3v) is 2.68. The van der Waals surface area contributed by atoms with E-state index in [-0.39, 0.29) is 11.3 Å². The Kier molecular flexibility index (Phi) is 3.80. The van der Waals surface area contributed by atoms with E-state index in [0.717, 1.165) is 0 Å².